The fourth-order valence-electron chi connectivity index (χ4n) is 4.68. The Morgan fingerprint density at radius 2 is 2.05 bits per heavy atom. The minimum atomic E-state index is -2.52. The number of aryl methyl sites for hydroxylation is 1. The normalized spacial score (nSPS) is 13.9. The molecule has 12 heteroatoms. The molecule has 0 aliphatic carbocycles. The number of pyridine rings is 1. The first kappa shape index (κ1) is 26.1. The molecular formula is C26H29ClN8O2S. The summed E-state index contributed by atoms with van der Waals surface area (Å²) in [6, 6.07) is 7.49. The van der Waals surface area contributed by atoms with Gasteiger partial charge in [0.2, 0.25) is 5.95 Å². The molecule has 1 aliphatic rings. The van der Waals surface area contributed by atoms with Crippen molar-refractivity contribution in [1.82, 2.24) is 29.2 Å². The van der Waals surface area contributed by atoms with Crippen LogP contribution in [0.5, 0.6) is 0 Å². The molecule has 5 rings (SSSR count). The molecule has 0 saturated carbocycles. The van der Waals surface area contributed by atoms with Gasteiger partial charge < -0.3 is 10.2 Å². The summed E-state index contributed by atoms with van der Waals surface area (Å²) in [4.78, 5) is 29.2. The van der Waals surface area contributed by atoms with E-state index in [2.05, 4.69) is 57.2 Å². The first-order valence-corrected chi connectivity index (χ1v) is 14.8. The Kier molecular flexibility index (Phi) is 6.84. The lowest BCUT2D eigenvalue weighted by Gasteiger charge is -2.27. The number of allylic oxidation sites excluding steroid dienone is 1. The fourth-order valence-corrected chi connectivity index (χ4v) is 5.44. The average Bonchev–Trinajstić information content (AvgIpc) is 3.10. The molecule has 10 nitrogen and oxygen atoms in total. The fraction of sp³-hybridized carbons (Fsp3) is 0.308. The van der Waals surface area contributed by atoms with Gasteiger partial charge in [0.25, 0.3) is 5.56 Å². The van der Waals surface area contributed by atoms with Crippen molar-refractivity contribution in [1.29, 1.82) is 0 Å². The summed E-state index contributed by atoms with van der Waals surface area (Å²) in [6.45, 7) is 8.04. The average molecular weight is 553 g/mol. The summed E-state index contributed by atoms with van der Waals surface area (Å²) in [5, 5.41) is 3.89. The van der Waals surface area contributed by atoms with Crippen LogP contribution in [0.15, 0.2) is 52.3 Å². The second kappa shape index (κ2) is 9.97. The number of rotatable bonds is 6. The summed E-state index contributed by atoms with van der Waals surface area (Å²) in [5.41, 5.74) is 4.84. The van der Waals surface area contributed by atoms with Crippen molar-refractivity contribution in [2.24, 2.45) is 4.36 Å². The van der Waals surface area contributed by atoms with Gasteiger partial charge >= 0.3 is 0 Å². The van der Waals surface area contributed by atoms with Gasteiger partial charge in [0.15, 0.2) is 17.3 Å². The monoisotopic (exact) mass is 552 g/mol. The molecule has 0 atom stereocenters. The van der Waals surface area contributed by atoms with Gasteiger partial charge in [-0.3, -0.25) is 4.79 Å². The van der Waals surface area contributed by atoms with Crippen LogP contribution < -0.4 is 10.9 Å². The van der Waals surface area contributed by atoms with E-state index in [1.165, 1.54) is 40.1 Å². The van der Waals surface area contributed by atoms with Crippen molar-refractivity contribution >= 4 is 49.8 Å². The third-order valence-electron chi connectivity index (χ3n) is 6.32. The van der Waals surface area contributed by atoms with Gasteiger partial charge in [0.05, 0.1) is 11.6 Å². The lowest BCUT2D eigenvalue weighted by molar-refractivity contribution is 0.312. The molecule has 3 aromatic heterocycles. The van der Waals surface area contributed by atoms with Crippen LogP contribution in [0, 0.1) is 6.92 Å². The summed E-state index contributed by atoms with van der Waals surface area (Å²) < 4.78 is 19.5. The maximum Gasteiger partial charge on any atom is 0.278 e. The zero-order valence-corrected chi connectivity index (χ0v) is 23.3. The Bertz CT molecular complexity index is 1760. The Labute approximate surface area is 226 Å². The molecule has 0 unspecified atom stereocenters. The van der Waals surface area contributed by atoms with Crippen molar-refractivity contribution in [3.63, 3.8) is 0 Å². The largest absolute Gasteiger partial charge is 0.324 e. The van der Waals surface area contributed by atoms with Gasteiger partial charge in [-0.25, -0.2) is 23.5 Å². The number of fused-ring (bicyclic) bond motifs is 2. The smallest absolute Gasteiger partial charge is 0.278 e. The SMILES string of the molecule is C=CCn1c(=O)c2cnc(Nc3cc(C)c4c(c3)CN(C)CC4)nc2n1-c1ccc(Cl)c(N=S(C)(C)=O)n1. The first-order valence-electron chi connectivity index (χ1n) is 12.1. The molecule has 1 aliphatic heterocycles. The van der Waals surface area contributed by atoms with Crippen LogP contribution in [0.2, 0.25) is 5.02 Å². The first-order chi connectivity index (χ1) is 18.0. The van der Waals surface area contributed by atoms with Crippen LogP contribution in [-0.4, -0.2) is 59.5 Å². The lowest BCUT2D eigenvalue weighted by Crippen LogP contribution is -2.27. The standard InChI is InChI=1S/C26H29ClN8O2S/c1-6-10-34-25(36)20-14-28-26(29-18-12-16(2)19-9-11-33(3)15-17(19)13-18)31-24(20)35(34)22-8-7-21(27)23(30-22)32-38(4,5)37/h6-8,12-14H,1,9-11,15H2,2-5H3,(H,28,29,31). The van der Waals surface area contributed by atoms with E-state index >= 15 is 0 Å². The summed E-state index contributed by atoms with van der Waals surface area (Å²) >= 11 is 6.29. The van der Waals surface area contributed by atoms with Crippen molar-refractivity contribution in [2.45, 2.75) is 26.4 Å². The zero-order valence-electron chi connectivity index (χ0n) is 21.7. The second-order valence-corrected chi connectivity index (χ2v) is 12.7. The summed E-state index contributed by atoms with van der Waals surface area (Å²) in [7, 11) is -0.399. The topological polar surface area (TPSA) is 110 Å². The third-order valence-corrected chi connectivity index (χ3v) is 7.23. The van der Waals surface area contributed by atoms with Crippen molar-refractivity contribution in [2.75, 3.05) is 31.4 Å². The maximum atomic E-state index is 13.3. The van der Waals surface area contributed by atoms with Crippen LogP contribution >= 0.6 is 11.6 Å². The second-order valence-electron chi connectivity index (χ2n) is 9.71. The Hall–Kier alpha value is -3.54. The van der Waals surface area contributed by atoms with E-state index in [0.29, 0.717) is 22.8 Å². The van der Waals surface area contributed by atoms with E-state index < -0.39 is 9.73 Å². The van der Waals surface area contributed by atoms with Crippen molar-refractivity contribution in [3.8, 4) is 5.82 Å². The molecule has 1 N–H and O–H groups in total. The van der Waals surface area contributed by atoms with Gasteiger partial charge in [-0.2, -0.15) is 9.35 Å². The Morgan fingerprint density at radius 3 is 2.79 bits per heavy atom. The van der Waals surface area contributed by atoms with E-state index in [9.17, 15) is 9.00 Å². The molecule has 0 bridgehead atoms. The van der Waals surface area contributed by atoms with Gasteiger partial charge in [0, 0.05) is 47.2 Å². The van der Waals surface area contributed by atoms with Gasteiger partial charge in [0.1, 0.15) is 5.39 Å². The molecule has 0 fully saturated rings. The number of hydrogen-bond donors (Lipinski definition) is 1. The number of nitrogens with zero attached hydrogens (tertiary/aromatic N) is 7. The quantitative estimate of drug-likeness (QED) is 0.357. The Balaban J connectivity index is 1.64. The highest BCUT2D eigenvalue weighted by Gasteiger charge is 2.20. The molecule has 0 saturated heterocycles. The molecule has 0 radical (unpaired) electrons. The highest BCUT2D eigenvalue weighted by Crippen LogP contribution is 2.28. The molecule has 4 aromatic rings. The minimum Gasteiger partial charge on any atom is -0.324 e. The van der Waals surface area contributed by atoms with E-state index in [4.69, 9.17) is 16.6 Å². The van der Waals surface area contributed by atoms with E-state index in [1.54, 1.807) is 22.9 Å². The zero-order chi connectivity index (χ0) is 27.2. The molecule has 0 amide bonds. The van der Waals surface area contributed by atoms with Crippen molar-refractivity contribution < 1.29 is 4.21 Å². The van der Waals surface area contributed by atoms with E-state index in [0.717, 1.165) is 25.2 Å². The molecular weight excluding hydrogens is 524 g/mol. The van der Waals surface area contributed by atoms with E-state index in [-0.39, 0.29) is 22.9 Å². The predicted molar refractivity (Wildman–Crippen MR) is 153 cm³/mol. The molecule has 38 heavy (non-hydrogen) atoms. The highest BCUT2D eigenvalue weighted by atomic mass is 35.5. The van der Waals surface area contributed by atoms with Crippen molar-refractivity contribution in [3.05, 3.63) is 75.2 Å². The minimum absolute atomic E-state index is 0.125. The number of likely N-dealkylation sites (N-methyl/N-ethyl adjacent to an activating group) is 1. The van der Waals surface area contributed by atoms with Gasteiger partial charge in [-0.1, -0.05) is 17.7 Å². The number of benzene rings is 1. The number of halogens is 1. The predicted octanol–water partition coefficient (Wildman–Crippen LogP) is 4.22. The number of anilines is 2. The molecule has 0 spiro atoms. The summed E-state index contributed by atoms with van der Waals surface area (Å²) in [6.07, 6.45) is 7.15. The maximum absolute atomic E-state index is 13.3. The van der Waals surface area contributed by atoms with Crippen LogP contribution in [0.1, 0.15) is 16.7 Å². The molecule has 1 aromatic carbocycles. The van der Waals surface area contributed by atoms with Gasteiger partial charge in [-0.15, -0.1) is 6.58 Å². The lowest BCUT2D eigenvalue weighted by atomic mass is 9.94. The molecule has 4 heterocycles. The van der Waals surface area contributed by atoms with Crippen LogP contribution in [0.4, 0.5) is 17.5 Å². The highest BCUT2D eigenvalue weighted by molar-refractivity contribution is 7.92. The number of aromatic nitrogens is 5. The molecule has 198 valence electrons. The van der Waals surface area contributed by atoms with E-state index in [1.807, 2.05) is 0 Å². The van der Waals surface area contributed by atoms with Crippen LogP contribution in [0.25, 0.3) is 16.9 Å². The van der Waals surface area contributed by atoms with Crippen LogP contribution in [-0.2, 0) is 29.2 Å². The Morgan fingerprint density at radius 1 is 1.26 bits per heavy atom. The number of hydrogen-bond acceptors (Lipinski definition) is 8. The third kappa shape index (κ3) is 5.09. The van der Waals surface area contributed by atoms with Gasteiger partial charge in [-0.05, 0) is 61.3 Å². The number of nitrogens with one attached hydrogen (secondary N) is 1. The van der Waals surface area contributed by atoms with Crippen LogP contribution in [0.3, 0.4) is 0 Å². The summed E-state index contributed by atoms with van der Waals surface area (Å²) in [5.74, 6) is 0.818.